The molecule has 3 aliphatic rings. The number of fused-ring (bicyclic) bond motifs is 3. The zero-order valence-corrected chi connectivity index (χ0v) is 16.4. The lowest BCUT2D eigenvalue weighted by atomic mass is 9.90. The van der Waals surface area contributed by atoms with Crippen LogP contribution in [0.15, 0.2) is 59.6 Å². The normalized spacial score (nSPS) is 18.0. The summed E-state index contributed by atoms with van der Waals surface area (Å²) >= 11 is 0. The molecule has 5 nitrogen and oxygen atoms in total. The van der Waals surface area contributed by atoms with Gasteiger partial charge in [0.25, 0.3) is 0 Å². The number of carbonyl (C=O) groups is 1. The molecule has 29 heavy (non-hydrogen) atoms. The van der Waals surface area contributed by atoms with Crippen molar-refractivity contribution in [2.45, 2.75) is 12.8 Å². The highest BCUT2D eigenvalue weighted by Gasteiger charge is 2.30. The minimum absolute atomic E-state index is 0.0292. The molecule has 2 aromatic carbocycles. The fourth-order valence-corrected chi connectivity index (χ4v) is 4.21. The van der Waals surface area contributed by atoms with Crippen molar-refractivity contribution in [3.05, 3.63) is 76.9 Å². The molecule has 5 rings (SSSR count). The van der Waals surface area contributed by atoms with Crippen LogP contribution in [0, 0.1) is 0 Å². The zero-order valence-electron chi connectivity index (χ0n) is 16.4. The maximum atomic E-state index is 12.8. The summed E-state index contributed by atoms with van der Waals surface area (Å²) in [5.74, 6) is 1.76. The van der Waals surface area contributed by atoms with Crippen LogP contribution in [0.3, 0.4) is 0 Å². The molecule has 1 amide bonds. The van der Waals surface area contributed by atoms with E-state index in [2.05, 4.69) is 23.2 Å². The average molecular weight is 386 g/mol. The number of rotatable bonds is 3. The van der Waals surface area contributed by atoms with E-state index in [1.165, 1.54) is 5.56 Å². The maximum Gasteiger partial charge on any atom is 0.248 e. The number of methoxy groups -OCH3 is 1. The molecule has 0 atom stereocenters. The van der Waals surface area contributed by atoms with Crippen molar-refractivity contribution in [2.75, 3.05) is 26.8 Å². The van der Waals surface area contributed by atoms with E-state index in [4.69, 9.17) is 9.47 Å². The molecule has 2 aromatic rings. The summed E-state index contributed by atoms with van der Waals surface area (Å²) in [6.07, 6.45) is 5.94. The van der Waals surface area contributed by atoms with Gasteiger partial charge in [-0.1, -0.05) is 30.3 Å². The van der Waals surface area contributed by atoms with Crippen molar-refractivity contribution in [1.29, 1.82) is 0 Å². The fourth-order valence-electron chi connectivity index (χ4n) is 4.21. The predicted molar refractivity (Wildman–Crippen MR) is 113 cm³/mol. The Morgan fingerprint density at radius 3 is 2.83 bits per heavy atom. The number of carbonyl (C=O) groups excluding carboxylic acids is 1. The molecule has 0 fully saturated rings. The Morgan fingerprint density at radius 2 is 2.00 bits per heavy atom. The molecular weight excluding hydrogens is 364 g/mol. The van der Waals surface area contributed by atoms with Crippen molar-refractivity contribution in [2.24, 2.45) is 4.99 Å². The third-order valence-corrected chi connectivity index (χ3v) is 5.62. The highest BCUT2D eigenvalue weighted by Crippen LogP contribution is 2.36. The topological polar surface area (TPSA) is 51.1 Å². The summed E-state index contributed by atoms with van der Waals surface area (Å²) in [5, 5.41) is 0. The summed E-state index contributed by atoms with van der Waals surface area (Å²) in [5.41, 5.74) is 6.10. The summed E-state index contributed by atoms with van der Waals surface area (Å²) < 4.78 is 11.2. The second kappa shape index (κ2) is 7.24. The van der Waals surface area contributed by atoms with Crippen LogP contribution in [0.5, 0.6) is 5.75 Å². The molecule has 3 aliphatic heterocycles. The Bertz CT molecular complexity index is 1080. The Hall–Kier alpha value is -3.34. The molecule has 5 heteroatoms. The fraction of sp³-hybridized carbons (Fsp3) is 0.250. The third-order valence-electron chi connectivity index (χ3n) is 5.62. The largest absolute Gasteiger partial charge is 0.497 e. The van der Waals surface area contributed by atoms with E-state index in [9.17, 15) is 4.79 Å². The minimum Gasteiger partial charge on any atom is -0.497 e. The Kier molecular flexibility index (Phi) is 4.43. The van der Waals surface area contributed by atoms with Gasteiger partial charge in [-0.15, -0.1) is 0 Å². The second-order valence-corrected chi connectivity index (χ2v) is 7.30. The molecule has 0 unspecified atom stereocenters. The van der Waals surface area contributed by atoms with E-state index >= 15 is 0 Å². The number of allylic oxidation sites excluding steroid dienone is 1. The quantitative estimate of drug-likeness (QED) is 0.809. The molecule has 0 aromatic heterocycles. The van der Waals surface area contributed by atoms with Crippen LogP contribution in [0.25, 0.3) is 11.5 Å². The maximum absolute atomic E-state index is 12.8. The summed E-state index contributed by atoms with van der Waals surface area (Å²) in [4.78, 5) is 19.3. The van der Waals surface area contributed by atoms with Crippen LogP contribution in [0.1, 0.15) is 28.7 Å². The van der Waals surface area contributed by atoms with E-state index < -0.39 is 0 Å². The number of hydrogen-bond acceptors (Lipinski definition) is 4. The number of amides is 1. The van der Waals surface area contributed by atoms with Gasteiger partial charge in [-0.25, -0.2) is 0 Å². The van der Waals surface area contributed by atoms with Crippen molar-refractivity contribution >= 4 is 23.1 Å². The molecule has 146 valence electrons. The number of benzene rings is 2. The molecule has 0 radical (unpaired) electrons. The predicted octanol–water partition coefficient (Wildman–Crippen LogP) is 3.68. The summed E-state index contributed by atoms with van der Waals surface area (Å²) in [7, 11) is 1.65. The molecule has 0 spiro atoms. The van der Waals surface area contributed by atoms with Gasteiger partial charge in [-0.2, -0.15) is 0 Å². The van der Waals surface area contributed by atoms with Crippen molar-refractivity contribution < 1.29 is 14.3 Å². The van der Waals surface area contributed by atoms with Crippen LogP contribution in [0.4, 0.5) is 0 Å². The monoisotopic (exact) mass is 386 g/mol. The molecule has 0 N–H and O–H groups in total. The van der Waals surface area contributed by atoms with Gasteiger partial charge in [0, 0.05) is 29.7 Å². The third kappa shape index (κ3) is 3.12. The first-order valence-electron chi connectivity index (χ1n) is 9.91. The van der Waals surface area contributed by atoms with Crippen LogP contribution >= 0.6 is 0 Å². The van der Waals surface area contributed by atoms with Crippen LogP contribution in [0.2, 0.25) is 0 Å². The van der Waals surface area contributed by atoms with Crippen molar-refractivity contribution in [1.82, 2.24) is 4.90 Å². The molecule has 0 aliphatic carbocycles. The van der Waals surface area contributed by atoms with Crippen LogP contribution in [-0.4, -0.2) is 43.3 Å². The van der Waals surface area contributed by atoms with Gasteiger partial charge in [0.15, 0.2) is 0 Å². The van der Waals surface area contributed by atoms with Gasteiger partial charge in [0.1, 0.15) is 18.1 Å². The highest BCUT2D eigenvalue weighted by molar-refractivity contribution is 6.15. The summed E-state index contributed by atoms with van der Waals surface area (Å²) in [6, 6.07) is 14.0. The molecule has 3 heterocycles. The van der Waals surface area contributed by atoms with Gasteiger partial charge in [0.2, 0.25) is 5.91 Å². The molecule has 0 saturated carbocycles. The first-order valence-corrected chi connectivity index (χ1v) is 9.91. The lowest BCUT2D eigenvalue weighted by molar-refractivity contribution is -0.126. The Morgan fingerprint density at radius 1 is 1.14 bits per heavy atom. The first kappa shape index (κ1) is 17.7. The van der Waals surface area contributed by atoms with Gasteiger partial charge in [-0.3, -0.25) is 9.79 Å². The smallest absolute Gasteiger partial charge is 0.248 e. The SMILES string of the molecule is COc1cccc(C2=NCC(=O)N3CCc4c(C5=CCCO5)cccc4C3=C2)c1. The summed E-state index contributed by atoms with van der Waals surface area (Å²) in [6.45, 7) is 1.54. The van der Waals surface area contributed by atoms with E-state index in [1.54, 1.807) is 7.11 Å². The van der Waals surface area contributed by atoms with E-state index in [-0.39, 0.29) is 12.5 Å². The van der Waals surface area contributed by atoms with Crippen molar-refractivity contribution in [3.63, 3.8) is 0 Å². The van der Waals surface area contributed by atoms with Crippen LogP contribution < -0.4 is 4.74 Å². The van der Waals surface area contributed by atoms with Gasteiger partial charge < -0.3 is 14.4 Å². The van der Waals surface area contributed by atoms with Gasteiger partial charge >= 0.3 is 0 Å². The number of aliphatic imine (C=N–C) groups is 1. The first-order chi connectivity index (χ1) is 14.2. The Labute approximate surface area is 170 Å². The molecule has 0 saturated heterocycles. The number of hydrogen-bond donors (Lipinski definition) is 0. The zero-order chi connectivity index (χ0) is 19.8. The standard InChI is InChI=1S/C24H22N2O3/c1-28-17-6-2-5-16(13-17)21-14-22-19-7-3-8-20(23-9-4-12-29-23)18(19)10-11-26(22)24(27)15-25-21/h2-3,5-9,13-14H,4,10-12,15H2,1H3. The Balaban J connectivity index is 1.63. The molecular formula is C24H22N2O3. The molecule has 0 bridgehead atoms. The average Bonchev–Trinajstić information content (AvgIpc) is 3.24. The van der Waals surface area contributed by atoms with Crippen LogP contribution in [-0.2, 0) is 16.0 Å². The second-order valence-electron chi connectivity index (χ2n) is 7.30. The number of ether oxygens (including phenoxy) is 2. The minimum atomic E-state index is 0.0292. The van der Waals surface area contributed by atoms with Gasteiger partial charge in [0.05, 0.1) is 25.1 Å². The lowest BCUT2D eigenvalue weighted by Gasteiger charge is -2.32. The van der Waals surface area contributed by atoms with Gasteiger partial charge in [-0.05, 0) is 36.3 Å². The van der Waals surface area contributed by atoms with E-state index in [0.29, 0.717) is 6.54 Å². The van der Waals surface area contributed by atoms with E-state index in [0.717, 1.165) is 59.1 Å². The van der Waals surface area contributed by atoms with E-state index in [1.807, 2.05) is 41.3 Å². The highest BCUT2D eigenvalue weighted by atomic mass is 16.5. The lowest BCUT2D eigenvalue weighted by Crippen LogP contribution is -2.36. The van der Waals surface area contributed by atoms with Crippen molar-refractivity contribution in [3.8, 4) is 5.75 Å². The number of nitrogens with zero attached hydrogens (tertiary/aromatic N) is 2.